The molecule has 1 aliphatic rings. The minimum Gasteiger partial charge on any atom is -0.463 e. The van der Waals surface area contributed by atoms with Gasteiger partial charge in [-0.1, -0.05) is 19.9 Å². The standard InChI is InChI=1S/C18H21BrN2O4S/c1-5-24-17(23)14-10(4)20-18(26)21-15(14)11-6-7-13(12(19)8-11)25-16(22)9(2)3/h6-9,15H,5H2,1-4H3,(H2,20,21,26). The predicted octanol–water partition coefficient (Wildman–Crippen LogP) is 3.37. The van der Waals surface area contributed by atoms with E-state index in [0.29, 0.717) is 26.6 Å². The molecule has 0 radical (unpaired) electrons. The van der Waals surface area contributed by atoms with Crippen LogP contribution in [0, 0.1) is 5.92 Å². The summed E-state index contributed by atoms with van der Waals surface area (Å²) in [5.41, 5.74) is 1.88. The Morgan fingerprint density at radius 1 is 1.35 bits per heavy atom. The Morgan fingerprint density at radius 3 is 2.62 bits per heavy atom. The third-order valence-corrected chi connectivity index (χ3v) is 4.58. The number of thiocarbonyl (C=S) groups is 1. The Bertz CT molecular complexity index is 776. The molecule has 0 saturated carbocycles. The Kier molecular flexibility index (Phi) is 6.77. The van der Waals surface area contributed by atoms with Gasteiger partial charge in [-0.3, -0.25) is 4.79 Å². The maximum atomic E-state index is 12.4. The maximum absolute atomic E-state index is 12.4. The molecular weight excluding hydrogens is 420 g/mol. The zero-order valence-corrected chi connectivity index (χ0v) is 17.4. The summed E-state index contributed by atoms with van der Waals surface area (Å²) < 4.78 is 11.1. The first-order valence-corrected chi connectivity index (χ1v) is 9.41. The van der Waals surface area contributed by atoms with Gasteiger partial charge in [0.2, 0.25) is 0 Å². The van der Waals surface area contributed by atoms with Crippen LogP contribution >= 0.6 is 28.1 Å². The molecule has 26 heavy (non-hydrogen) atoms. The molecule has 0 saturated heterocycles. The topological polar surface area (TPSA) is 76.7 Å². The second-order valence-electron chi connectivity index (χ2n) is 6.06. The number of halogens is 1. The Morgan fingerprint density at radius 2 is 2.04 bits per heavy atom. The summed E-state index contributed by atoms with van der Waals surface area (Å²) in [6.45, 7) is 7.35. The van der Waals surface area contributed by atoms with E-state index in [4.69, 9.17) is 21.7 Å². The first-order chi connectivity index (χ1) is 12.2. The number of benzene rings is 1. The molecule has 0 aromatic heterocycles. The van der Waals surface area contributed by atoms with Crippen molar-refractivity contribution in [3.05, 3.63) is 39.5 Å². The van der Waals surface area contributed by atoms with Gasteiger partial charge in [0.25, 0.3) is 0 Å². The molecule has 1 unspecified atom stereocenters. The van der Waals surface area contributed by atoms with Crippen molar-refractivity contribution >= 4 is 45.2 Å². The summed E-state index contributed by atoms with van der Waals surface area (Å²) >= 11 is 8.64. The van der Waals surface area contributed by atoms with Crippen LogP contribution < -0.4 is 15.4 Å². The number of hydrogen-bond acceptors (Lipinski definition) is 5. The van der Waals surface area contributed by atoms with E-state index in [1.54, 1.807) is 45.9 Å². The Balaban J connectivity index is 2.37. The van der Waals surface area contributed by atoms with Crippen molar-refractivity contribution < 1.29 is 19.1 Å². The average molecular weight is 441 g/mol. The van der Waals surface area contributed by atoms with E-state index in [1.165, 1.54) is 0 Å². The summed E-state index contributed by atoms with van der Waals surface area (Å²) in [5, 5.41) is 6.47. The fraction of sp³-hybridized carbons (Fsp3) is 0.389. The number of hydrogen-bond donors (Lipinski definition) is 2. The molecule has 1 aromatic rings. The lowest BCUT2D eigenvalue weighted by Crippen LogP contribution is -2.45. The van der Waals surface area contributed by atoms with Crippen molar-refractivity contribution in [2.75, 3.05) is 6.61 Å². The molecule has 1 aromatic carbocycles. The Labute approximate surface area is 166 Å². The zero-order valence-electron chi connectivity index (χ0n) is 15.0. The fourth-order valence-electron chi connectivity index (χ4n) is 2.43. The van der Waals surface area contributed by atoms with Crippen molar-refractivity contribution in [2.45, 2.75) is 33.7 Å². The molecule has 6 nitrogen and oxygen atoms in total. The number of allylic oxidation sites excluding steroid dienone is 1. The van der Waals surface area contributed by atoms with Crippen molar-refractivity contribution in [1.29, 1.82) is 0 Å². The SMILES string of the molecule is CCOC(=O)C1=C(C)NC(=S)NC1c1ccc(OC(=O)C(C)C)c(Br)c1. The molecule has 0 amide bonds. The van der Waals surface area contributed by atoms with E-state index >= 15 is 0 Å². The summed E-state index contributed by atoms with van der Waals surface area (Å²) in [4.78, 5) is 24.2. The normalized spacial score (nSPS) is 16.8. The van der Waals surface area contributed by atoms with Gasteiger partial charge in [0.15, 0.2) is 5.11 Å². The fourth-order valence-corrected chi connectivity index (χ4v) is 3.18. The second-order valence-corrected chi connectivity index (χ2v) is 7.32. The van der Waals surface area contributed by atoms with Crippen molar-refractivity contribution in [2.24, 2.45) is 5.92 Å². The molecule has 0 aliphatic carbocycles. The molecule has 0 spiro atoms. The van der Waals surface area contributed by atoms with E-state index in [9.17, 15) is 9.59 Å². The third kappa shape index (κ3) is 4.62. The van der Waals surface area contributed by atoms with Crippen LogP contribution in [0.5, 0.6) is 5.75 Å². The molecule has 1 aliphatic heterocycles. The first kappa shape index (κ1) is 20.4. The summed E-state index contributed by atoms with van der Waals surface area (Å²) in [6, 6.07) is 4.80. The van der Waals surface area contributed by atoms with Crippen LogP contribution in [0.2, 0.25) is 0 Å². The molecule has 140 valence electrons. The van der Waals surface area contributed by atoms with Crippen molar-refractivity contribution in [1.82, 2.24) is 10.6 Å². The van der Waals surface area contributed by atoms with Crippen LogP contribution in [-0.2, 0) is 14.3 Å². The van der Waals surface area contributed by atoms with E-state index in [1.807, 2.05) is 0 Å². The number of ether oxygens (including phenoxy) is 2. The second kappa shape index (κ2) is 8.64. The third-order valence-electron chi connectivity index (χ3n) is 3.74. The summed E-state index contributed by atoms with van der Waals surface area (Å²) in [6.07, 6.45) is 0. The summed E-state index contributed by atoms with van der Waals surface area (Å²) in [5.74, 6) is -0.542. The molecule has 1 atom stereocenters. The van der Waals surface area contributed by atoms with Crippen LogP contribution in [0.15, 0.2) is 33.9 Å². The Hall–Kier alpha value is -1.93. The lowest BCUT2D eigenvalue weighted by molar-refractivity contribution is -0.139. The van der Waals surface area contributed by atoms with Crippen molar-refractivity contribution in [3.8, 4) is 5.75 Å². The van der Waals surface area contributed by atoms with Gasteiger partial charge in [-0.25, -0.2) is 4.79 Å². The van der Waals surface area contributed by atoms with Crippen LogP contribution in [0.1, 0.15) is 39.3 Å². The molecule has 0 bridgehead atoms. The number of esters is 2. The molecular formula is C18H21BrN2O4S. The van der Waals surface area contributed by atoms with Crippen LogP contribution in [0.25, 0.3) is 0 Å². The van der Waals surface area contributed by atoms with Crippen LogP contribution in [0.4, 0.5) is 0 Å². The zero-order chi connectivity index (χ0) is 19.4. The molecule has 2 N–H and O–H groups in total. The van der Waals surface area contributed by atoms with Gasteiger partial charge in [-0.2, -0.15) is 0 Å². The lowest BCUT2D eigenvalue weighted by atomic mass is 9.95. The van der Waals surface area contributed by atoms with Gasteiger partial charge >= 0.3 is 11.9 Å². The van der Waals surface area contributed by atoms with Gasteiger partial charge in [-0.15, -0.1) is 0 Å². The largest absolute Gasteiger partial charge is 0.463 e. The van der Waals surface area contributed by atoms with E-state index in [2.05, 4.69) is 26.6 Å². The smallest absolute Gasteiger partial charge is 0.338 e. The maximum Gasteiger partial charge on any atom is 0.338 e. The highest BCUT2D eigenvalue weighted by Gasteiger charge is 2.31. The van der Waals surface area contributed by atoms with Gasteiger partial charge in [0.05, 0.1) is 28.6 Å². The predicted molar refractivity (Wildman–Crippen MR) is 106 cm³/mol. The van der Waals surface area contributed by atoms with Gasteiger partial charge in [0.1, 0.15) is 5.75 Å². The minimum absolute atomic E-state index is 0.231. The number of nitrogens with one attached hydrogen (secondary N) is 2. The summed E-state index contributed by atoms with van der Waals surface area (Å²) in [7, 11) is 0. The van der Waals surface area contributed by atoms with Gasteiger partial charge < -0.3 is 20.1 Å². The van der Waals surface area contributed by atoms with Crippen LogP contribution in [-0.4, -0.2) is 23.7 Å². The van der Waals surface area contributed by atoms with Crippen LogP contribution in [0.3, 0.4) is 0 Å². The van der Waals surface area contributed by atoms with Gasteiger partial charge in [-0.05, 0) is 59.7 Å². The van der Waals surface area contributed by atoms with Crippen molar-refractivity contribution in [3.63, 3.8) is 0 Å². The van der Waals surface area contributed by atoms with E-state index < -0.39 is 12.0 Å². The lowest BCUT2D eigenvalue weighted by Gasteiger charge is -2.30. The molecule has 2 rings (SSSR count). The quantitative estimate of drug-likeness (QED) is 0.412. The molecule has 1 heterocycles. The highest BCUT2D eigenvalue weighted by molar-refractivity contribution is 9.10. The van der Waals surface area contributed by atoms with E-state index in [0.717, 1.165) is 5.56 Å². The number of carbonyl (C=O) groups is 2. The highest BCUT2D eigenvalue weighted by atomic mass is 79.9. The van der Waals surface area contributed by atoms with E-state index in [-0.39, 0.29) is 18.5 Å². The average Bonchev–Trinajstić information content (AvgIpc) is 2.55. The van der Waals surface area contributed by atoms with Gasteiger partial charge in [0, 0.05) is 5.70 Å². The highest BCUT2D eigenvalue weighted by Crippen LogP contribution is 2.33. The number of rotatable bonds is 5. The molecule has 8 heteroatoms. The molecule has 0 fully saturated rings. The monoisotopic (exact) mass is 440 g/mol. The minimum atomic E-state index is -0.464. The first-order valence-electron chi connectivity index (χ1n) is 8.21. The number of carbonyl (C=O) groups excluding carboxylic acids is 2.